The first-order valence-corrected chi connectivity index (χ1v) is 8.91. The number of methoxy groups -OCH3 is 1. The molecule has 2 bridgehead atoms. The number of anilines is 1. The fourth-order valence-electron chi connectivity index (χ4n) is 3.87. The fourth-order valence-corrected chi connectivity index (χ4v) is 3.87. The van der Waals surface area contributed by atoms with Gasteiger partial charge in [-0.05, 0) is 62.2 Å². The van der Waals surface area contributed by atoms with Crippen LogP contribution in [0.15, 0.2) is 36.4 Å². The van der Waals surface area contributed by atoms with Gasteiger partial charge in [0.25, 0.3) is 0 Å². The van der Waals surface area contributed by atoms with E-state index in [0.29, 0.717) is 17.7 Å². The Morgan fingerprint density at radius 2 is 2.00 bits per heavy atom. The van der Waals surface area contributed by atoms with Gasteiger partial charge in [0, 0.05) is 17.7 Å². The second-order valence-electron chi connectivity index (χ2n) is 7.33. The van der Waals surface area contributed by atoms with Crippen molar-refractivity contribution in [1.29, 1.82) is 0 Å². The van der Waals surface area contributed by atoms with E-state index in [0.717, 1.165) is 16.8 Å². The number of carbonyl (C=O) groups is 2. The van der Waals surface area contributed by atoms with Crippen LogP contribution in [-0.4, -0.2) is 24.8 Å². The molecule has 2 aliphatic rings. The predicted octanol–water partition coefficient (Wildman–Crippen LogP) is 3.86. The summed E-state index contributed by atoms with van der Waals surface area (Å²) in [6, 6.07) is 10.7. The van der Waals surface area contributed by atoms with E-state index in [2.05, 4.69) is 5.32 Å². The topological polar surface area (TPSA) is 67.9 Å². The molecule has 2 heterocycles. The highest BCUT2D eigenvalue weighted by Crippen LogP contribution is 2.46. The summed E-state index contributed by atoms with van der Waals surface area (Å²) in [5.74, 6) is 0.250. The lowest BCUT2D eigenvalue weighted by molar-refractivity contribution is 0.0377. The molecule has 6 heteroatoms. The number of esters is 1. The summed E-state index contributed by atoms with van der Waals surface area (Å²) in [5, 5.41) is 3.05. The SMILES string of the molecule is COC(=O)c1ccc2c(c1)[C@@H]1C[C@](C)(O2)N(c2ccc(C)c(C)c2)C(=O)N1. The second kappa shape index (κ2) is 6.01. The van der Waals surface area contributed by atoms with E-state index in [9.17, 15) is 9.59 Å². The first-order chi connectivity index (χ1) is 12.8. The Morgan fingerprint density at radius 1 is 1.22 bits per heavy atom. The Hall–Kier alpha value is -3.02. The minimum atomic E-state index is -0.811. The molecule has 2 atom stereocenters. The first kappa shape index (κ1) is 17.4. The molecule has 6 nitrogen and oxygen atoms in total. The quantitative estimate of drug-likeness (QED) is 0.820. The maximum absolute atomic E-state index is 12.9. The molecule has 0 saturated carbocycles. The minimum absolute atomic E-state index is 0.217. The summed E-state index contributed by atoms with van der Waals surface area (Å²) in [5.41, 5.74) is 3.51. The number of hydrogen-bond donors (Lipinski definition) is 1. The van der Waals surface area contributed by atoms with Crippen LogP contribution in [0.3, 0.4) is 0 Å². The average molecular weight is 366 g/mol. The maximum atomic E-state index is 12.9. The molecule has 0 aliphatic carbocycles. The minimum Gasteiger partial charge on any atom is -0.467 e. The second-order valence-corrected chi connectivity index (χ2v) is 7.33. The van der Waals surface area contributed by atoms with E-state index < -0.39 is 11.7 Å². The van der Waals surface area contributed by atoms with Crippen molar-refractivity contribution in [3.63, 3.8) is 0 Å². The lowest BCUT2D eigenvalue weighted by Crippen LogP contribution is -2.65. The molecule has 0 radical (unpaired) electrons. The number of ether oxygens (including phenoxy) is 2. The molecule has 2 aliphatic heterocycles. The number of nitrogens with one attached hydrogen (secondary N) is 1. The highest BCUT2D eigenvalue weighted by atomic mass is 16.5. The largest absolute Gasteiger partial charge is 0.467 e. The number of hydrogen-bond acceptors (Lipinski definition) is 4. The van der Waals surface area contributed by atoms with Crippen LogP contribution in [0.4, 0.5) is 10.5 Å². The number of fused-ring (bicyclic) bond motifs is 4. The highest BCUT2D eigenvalue weighted by molar-refractivity contribution is 5.95. The van der Waals surface area contributed by atoms with Gasteiger partial charge in [-0.2, -0.15) is 0 Å². The molecule has 140 valence electrons. The van der Waals surface area contributed by atoms with Crippen LogP contribution >= 0.6 is 0 Å². The maximum Gasteiger partial charge on any atom is 0.337 e. The molecule has 2 amide bonds. The van der Waals surface area contributed by atoms with Crippen molar-refractivity contribution in [2.75, 3.05) is 12.0 Å². The van der Waals surface area contributed by atoms with Crippen molar-refractivity contribution >= 4 is 17.7 Å². The predicted molar refractivity (Wildman–Crippen MR) is 101 cm³/mol. The number of rotatable bonds is 2. The van der Waals surface area contributed by atoms with Gasteiger partial charge in [-0.3, -0.25) is 4.90 Å². The molecule has 0 aromatic heterocycles. The van der Waals surface area contributed by atoms with Crippen LogP contribution in [0.2, 0.25) is 0 Å². The van der Waals surface area contributed by atoms with Gasteiger partial charge >= 0.3 is 12.0 Å². The molecular weight excluding hydrogens is 344 g/mol. The van der Waals surface area contributed by atoms with Crippen molar-refractivity contribution < 1.29 is 19.1 Å². The van der Waals surface area contributed by atoms with E-state index in [4.69, 9.17) is 9.47 Å². The Kier molecular flexibility index (Phi) is 3.87. The zero-order valence-electron chi connectivity index (χ0n) is 15.8. The molecule has 2 aromatic carbocycles. The summed E-state index contributed by atoms with van der Waals surface area (Å²) in [6.45, 7) is 5.99. The van der Waals surface area contributed by atoms with Gasteiger partial charge in [0.1, 0.15) is 5.75 Å². The Bertz CT molecular complexity index is 955. The highest BCUT2D eigenvalue weighted by Gasteiger charge is 2.50. The van der Waals surface area contributed by atoms with Gasteiger partial charge in [0.05, 0.1) is 18.7 Å². The summed E-state index contributed by atoms with van der Waals surface area (Å²) >= 11 is 0. The van der Waals surface area contributed by atoms with E-state index in [1.165, 1.54) is 12.7 Å². The summed E-state index contributed by atoms with van der Waals surface area (Å²) < 4.78 is 11.1. The van der Waals surface area contributed by atoms with Crippen molar-refractivity contribution in [3.05, 3.63) is 58.7 Å². The van der Waals surface area contributed by atoms with E-state index >= 15 is 0 Å². The third-order valence-corrected chi connectivity index (χ3v) is 5.44. The summed E-state index contributed by atoms with van der Waals surface area (Å²) in [4.78, 5) is 26.4. The number of carbonyl (C=O) groups excluding carboxylic acids is 2. The molecule has 0 unspecified atom stereocenters. The molecular formula is C21H22N2O4. The third-order valence-electron chi connectivity index (χ3n) is 5.44. The van der Waals surface area contributed by atoms with Crippen LogP contribution in [0.5, 0.6) is 5.75 Å². The Morgan fingerprint density at radius 3 is 2.70 bits per heavy atom. The normalized spacial score (nSPS) is 23.2. The average Bonchev–Trinajstić information content (AvgIpc) is 2.63. The number of nitrogens with zero attached hydrogens (tertiary/aromatic N) is 1. The standard InChI is InChI=1S/C21H22N2O4/c1-12-5-7-15(9-13(12)2)23-20(25)22-17-11-21(23,3)27-18-8-6-14(10-16(17)18)19(24)26-4/h5-10,17H,11H2,1-4H3,(H,22,25)/t17-,21-/m0/s1. The van der Waals surface area contributed by atoms with E-state index in [1.54, 1.807) is 23.1 Å². The molecule has 1 N–H and O–H groups in total. The fraction of sp³-hybridized carbons (Fsp3) is 0.333. The molecule has 2 aromatic rings. The van der Waals surface area contributed by atoms with Crippen molar-refractivity contribution in [2.45, 2.75) is 39.0 Å². The van der Waals surface area contributed by atoms with Gasteiger partial charge in [-0.15, -0.1) is 0 Å². The van der Waals surface area contributed by atoms with Crippen LogP contribution < -0.4 is 15.0 Å². The monoisotopic (exact) mass is 366 g/mol. The number of amides is 2. The summed E-state index contributed by atoms with van der Waals surface area (Å²) in [7, 11) is 1.35. The van der Waals surface area contributed by atoms with E-state index in [-0.39, 0.29) is 12.1 Å². The molecule has 27 heavy (non-hydrogen) atoms. The number of aryl methyl sites for hydroxylation is 2. The van der Waals surface area contributed by atoms with Crippen LogP contribution in [0.25, 0.3) is 0 Å². The molecule has 1 saturated heterocycles. The van der Waals surface area contributed by atoms with Gasteiger partial charge in [0.2, 0.25) is 0 Å². The van der Waals surface area contributed by atoms with Crippen LogP contribution in [0.1, 0.15) is 46.4 Å². The van der Waals surface area contributed by atoms with Gasteiger partial charge in [-0.25, -0.2) is 9.59 Å². The first-order valence-electron chi connectivity index (χ1n) is 8.91. The lowest BCUT2D eigenvalue weighted by atomic mass is 9.89. The molecule has 1 fully saturated rings. The smallest absolute Gasteiger partial charge is 0.337 e. The Balaban J connectivity index is 1.76. The zero-order chi connectivity index (χ0) is 19.3. The van der Waals surface area contributed by atoms with Gasteiger partial charge in [0.15, 0.2) is 5.72 Å². The van der Waals surface area contributed by atoms with Crippen LogP contribution in [0, 0.1) is 13.8 Å². The zero-order valence-corrected chi connectivity index (χ0v) is 15.8. The van der Waals surface area contributed by atoms with Gasteiger partial charge in [-0.1, -0.05) is 6.07 Å². The third kappa shape index (κ3) is 2.72. The van der Waals surface area contributed by atoms with Crippen LogP contribution in [-0.2, 0) is 4.74 Å². The molecule has 0 spiro atoms. The van der Waals surface area contributed by atoms with Gasteiger partial charge < -0.3 is 14.8 Å². The number of benzene rings is 2. The molecule has 4 rings (SSSR count). The Labute approximate surface area is 158 Å². The summed E-state index contributed by atoms with van der Waals surface area (Å²) in [6.07, 6.45) is 0.573. The van der Waals surface area contributed by atoms with Crippen molar-refractivity contribution in [3.8, 4) is 5.75 Å². The lowest BCUT2D eigenvalue weighted by Gasteiger charge is -2.50. The van der Waals surface area contributed by atoms with Crippen molar-refractivity contribution in [1.82, 2.24) is 5.32 Å². The van der Waals surface area contributed by atoms with E-state index in [1.807, 2.05) is 39.0 Å². The van der Waals surface area contributed by atoms with Crippen molar-refractivity contribution in [2.24, 2.45) is 0 Å². The number of urea groups is 1.